The van der Waals surface area contributed by atoms with Gasteiger partial charge in [0.1, 0.15) is 11.6 Å². The van der Waals surface area contributed by atoms with Crippen molar-refractivity contribution in [3.05, 3.63) is 11.9 Å². The van der Waals surface area contributed by atoms with Crippen LogP contribution in [0.5, 0.6) is 0 Å². The first-order valence-corrected chi connectivity index (χ1v) is 6.37. The van der Waals surface area contributed by atoms with E-state index in [2.05, 4.69) is 20.6 Å². The van der Waals surface area contributed by atoms with Gasteiger partial charge in [-0.05, 0) is 18.8 Å². The van der Waals surface area contributed by atoms with E-state index in [0.29, 0.717) is 12.5 Å². The van der Waals surface area contributed by atoms with Crippen molar-refractivity contribution in [2.75, 3.05) is 24.2 Å². The minimum atomic E-state index is -4.53. The van der Waals surface area contributed by atoms with Gasteiger partial charge in [0.15, 0.2) is 0 Å². The monoisotopic (exact) mass is 274 g/mol. The van der Waals surface area contributed by atoms with Gasteiger partial charge in [0.25, 0.3) is 0 Å². The molecule has 0 unspecified atom stereocenters. The summed E-state index contributed by atoms with van der Waals surface area (Å²) in [5, 5.41) is 5.60. The van der Waals surface area contributed by atoms with E-state index in [1.54, 1.807) is 0 Å². The van der Waals surface area contributed by atoms with Gasteiger partial charge in [-0.15, -0.1) is 0 Å². The lowest BCUT2D eigenvalue weighted by Crippen LogP contribution is -2.17. The average Bonchev–Trinajstić information content (AvgIpc) is 2.88. The molecule has 2 N–H and O–H groups in total. The van der Waals surface area contributed by atoms with Crippen LogP contribution in [-0.2, 0) is 6.18 Å². The summed E-state index contributed by atoms with van der Waals surface area (Å²) in [6, 6.07) is 1.49. The minimum Gasteiger partial charge on any atom is -0.373 e. The second-order valence-corrected chi connectivity index (χ2v) is 4.74. The molecular weight excluding hydrogens is 257 g/mol. The van der Waals surface area contributed by atoms with Gasteiger partial charge in [0.2, 0.25) is 5.82 Å². The Morgan fingerprint density at radius 1 is 1.21 bits per heavy atom. The van der Waals surface area contributed by atoms with Crippen LogP contribution >= 0.6 is 0 Å². The van der Waals surface area contributed by atoms with Crippen LogP contribution in [-0.4, -0.2) is 23.6 Å². The van der Waals surface area contributed by atoms with Gasteiger partial charge in [0, 0.05) is 19.7 Å². The molecule has 0 aliphatic heterocycles. The van der Waals surface area contributed by atoms with Crippen LogP contribution < -0.4 is 10.6 Å². The summed E-state index contributed by atoms with van der Waals surface area (Å²) in [5.74, 6) is -0.203. The van der Waals surface area contributed by atoms with E-state index in [4.69, 9.17) is 0 Å². The zero-order valence-corrected chi connectivity index (χ0v) is 10.7. The number of aromatic nitrogens is 2. The van der Waals surface area contributed by atoms with Gasteiger partial charge in [-0.2, -0.15) is 13.2 Å². The van der Waals surface area contributed by atoms with Gasteiger partial charge in [-0.3, -0.25) is 0 Å². The maximum atomic E-state index is 12.6. The number of rotatable bonds is 4. The van der Waals surface area contributed by atoms with E-state index in [1.165, 1.54) is 26.0 Å². The number of halogens is 3. The Morgan fingerprint density at radius 2 is 1.84 bits per heavy atom. The first-order chi connectivity index (χ1) is 8.99. The lowest BCUT2D eigenvalue weighted by atomic mass is 10.1. The largest absolute Gasteiger partial charge is 0.451 e. The third kappa shape index (κ3) is 3.71. The number of nitrogens with zero attached hydrogens (tertiary/aromatic N) is 2. The second kappa shape index (κ2) is 5.63. The molecule has 0 radical (unpaired) electrons. The zero-order valence-electron chi connectivity index (χ0n) is 10.7. The van der Waals surface area contributed by atoms with Crippen LogP contribution in [0.2, 0.25) is 0 Å². The second-order valence-electron chi connectivity index (χ2n) is 4.74. The Balaban J connectivity index is 2.10. The molecule has 7 heteroatoms. The molecule has 4 nitrogen and oxygen atoms in total. The highest BCUT2D eigenvalue weighted by molar-refractivity contribution is 5.47. The normalized spacial score (nSPS) is 16.6. The molecule has 1 fully saturated rings. The predicted molar refractivity (Wildman–Crippen MR) is 67.0 cm³/mol. The molecule has 0 amide bonds. The number of hydrogen-bond acceptors (Lipinski definition) is 4. The molecule has 106 valence electrons. The van der Waals surface area contributed by atoms with Crippen LogP contribution in [0.4, 0.5) is 24.8 Å². The number of alkyl halides is 3. The fraction of sp³-hybridized carbons (Fsp3) is 0.667. The van der Waals surface area contributed by atoms with Gasteiger partial charge >= 0.3 is 6.18 Å². The summed E-state index contributed by atoms with van der Waals surface area (Å²) in [5.41, 5.74) is 0. The van der Waals surface area contributed by atoms with Gasteiger partial charge in [-0.1, -0.05) is 12.8 Å². The summed E-state index contributed by atoms with van der Waals surface area (Å²) < 4.78 is 37.9. The van der Waals surface area contributed by atoms with Crippen molar-refractivity contribution in [3.63, 3.8) is 0 Å². The maximum Gasteiger partial charge on any atom is 0.451 e. The first kappa shape index (κ1) is 13.9. The average molecular weight is 274 g/mol. The fourth-order valence-corrected chi connectivity index (χ4v) is 2.26. The van der Waals surface area contributed by atoms with E-state index in [9.17, 15) is 13.2 Å². The quantitative estimate of drug-likeness (QED) is 0.885. The molecule has 1 aliphatic rings. The Morgan fingerprint density at radius 3 is 2.42 bits per heavy atom. The van der Waals surface area contributed by atoms with Crippen molar-refractivity contribution in [3.8, 4) is 0 Å². The summed E-state index contributed by atoms with van der Waals surface area (Å²) >= 11 is 0. The molecule has 0 saturated heterocycles. The van der Waals surface area contributed by atoms with Crippen molar-refractivity contribution < 1.29 is 13.2 Å². The predicted octanol–water partition coefficient (Wildman–Crippen LogP) is 3.14. The highest BCUT2D eigenvalue weighted by Gasteiger charge is 2.35. The Labute approximate surface area is 109 Å². The molecule has 19 heavy (non-hydrogen) atoms. The van der Waals surface area contributed by atoms with Gasteiger partial charge in [0.05, 0.1) is 0 Å². The third-order valence-electron chi connectivity index (χ3n) is 3.28. The van der Waals surface area contributed by atoms with E-state index in [1.807, 2.05) is 0 Å². The minimum absolute atomic E-state index is 0.163. The SMILES string of the molecule is CNc1cc(NCC2CCCC2)nc(C(F)(F)F)n1. The molecular formula is C12H17F3N4. The topological polar surface area (TPSA) is 49.8 Å². The third-order valence-corrected chi connectivity index (χ3v) is 3.28. The van der Waals surface area contributed by atoms with Gasteiger partial charge < -0.3 is 10.6 Å². The van der Waals surface area contributed by atoms with Crippen LogP contribution in [0, 0.1) is 5.92 Å². The van der Waals surface area contributed by atoms with Crippen molar-refractivity contribution >= 4 is 11.6 Å². The van der Waals surface area contributed by atoms with E-state index < -0.39 is 12.0 Å². The molecule has 0 bridgehead atoms. The van der Waals surface area contributed by atoms with E-state index in [0.717, 1.165) is 12.8 Å². The first-order valence-electron chi connectivity index (χ1n) is 6.37. The van der Waals surface area contributed by atoms with Gasteiger partial charge in [-0.25, -0.2) is 9.97 Å². The maximum absolute atomic E-state index is 12.6. The molecule has 2 rings (SSSR count). The highest BCUT2D eigenvalue weighted by atomic mass is 19.4. The van der Waals surface area contributed by atoms with E-state index in [-0.39, 0.29) is 11.6 Å². The van der Waals surface area contributed by atoms with Crippen LogP contribution in [0.1, 0.15) is 31.5 Å². The summed E-state index contributed by atoms with van der Waals surface area (Å²) in [6.07, 6.45) is 0.125. The Bertz CT molecular complexity index is 427. The molecule has 1 heterocycles. The van der Waals surface area contributed by atoms with Crippen molar-refractivity contribution in [2.24, 2.45) is 5.92 Å². The summed E-state index contributed by atoms with van der Waals surface area (Å²) in [7, 11) is 1.53. The number of nitrogens with one attached hydrogen (secondary N) is 2. The van der Waals surface area contributed by atoms with Crippen molar-refractivity contribution in [1.82, 2.24) is 9.97 Å². The van der Waals surface area contributed by atoms with Crippen LogP contribution in [0.15, 0.2) is 6.07 Å². The molecule has 0 aromatic carbocycles. The molecule has 0 spiro atoms. The Kier molecular flexibility index (Phi) is 4.11. The van der Waals surface area contributed by atoms with Crippen molar-refractivity contribution in [2.45, 2.75) is 31.9 Å². The molecule has 1 aliphatic carbocycles. The smallest absolute Gasteiger partial charge is 0.373 e. The van der Waals surface area contributed by atoms with E-state index >= 15 is 0 Å². The fourth-order valence-electron chi connectivity index (χ4n) is 2.26. The molecule has 1 aromatic heterocycles. The van der Waals surface area contributed by atoms with Crippen LogP contribution in [0.25, 0.3) is 0 Å². The van der Waals surface area contributed by atoms with Crippen molar-refractivity contribution in [1.29, 1.82) is 0 Å². The molecule has 1 saturated carbocycles. The molecule has 0 atom stereocenters. The van der Waals surface area contributed by atoms with Crippen LogP contribution in [0.3, 0.4) is 0 Å². The standard InChI is InChI=1S/C12H17F3N4/c1-16-9-6-10(17-7-8-4-2-3-5-8)19-11(18-9)12(13,14)15/h6,8H,2-5,7H2,1H3,(H2,16,17,18,19). The Hall–Kier alpha value is -1.53. The highest BCUT2D eigenvalue weighted by Crippen LogP contribution is 2.29. The molecule has 1 aromatic rings. The zero-order chi connectivity index (χ0) is 13.9. The number of anilines is 2. The lowest BCUT2D eigenvalue weighted by Gasteiger charge is -2.14. The number of hydrogen-bond donors (Lipinski definition) is 2. The summed E-state index contributed by atoms with van der Waals surface area (Å²) in [6.45, 7) is 0.664. The summed E-state index contributed by atoms with van der Waals surface area (Å²) in [4.78, 5) is 6.94. The lowest BCUT2D eigenvalue weighted by molar-refractivity contribution is -0.144.